The molecule has 2 aliphatic carbocycles. The van der Waals surface area contributed by atoms with Gasteiger partial charge in [0, 0.05) is 5.56 Å². The molecule has 3 unspecified atom stereocenters. The van der Waals surface area contributed by atoms with Gasteiger partial charge in [-0.1, -0.05) is 82.7 Å². The zero-order valence-electron chi connectivity index (χ0n) is 20.8. The molecule has 0 spiro atoms. The standard InChI is InChI=1S/C30H42F2O/c1-4-5-6-7-22-9-11-24(12-10-22)27-15-13-25(20-33-27)30(3)18-16-23(17-19-30)26-14-8-21(2)28(31)29(26)32/h8,14,16-18,22,24-25,27H,4-7,9-13,15,19-20H2,1-3H3. The molecule has 1 nitrogen and oxygen atoms in total. The van der Waals surface area contributed by atoms with Crippen molar-refractivity contribution in [3.8, 4) is 0 Å². The van der Waals surface area contributed by atoms with Crippen LogP contribution in [0.1, 0.15) is 95.6 Å². The number of aryl methyl sites for hydroxylation is 1. The number of ether oxygens (including phenoxy) is 1. The van der Waals surface area contributed by atoms with E-state index in [1.54, 1.807) is 19.1 Å². The molecule has 182 valence electrons. The van der Waals surface area contributed by atoms with E-state index in [0.29, 0.717) is 23.1 Å². The summed E-state index contributed by atoms with van der Waals surface area (Å²) in [6, 6.07) is 3.35. The second kappa shape index (κ2) is 10.8. The summed E-state index contributed by atoms with van der Waals surface area (Å²) in [6.45, 7) is 6.99. The number of unbranched alkanes of at least 4 members (excludes halogenated alkanes) is 2. The minimum Gasteiger partial charge on any atom is -0.378 e. The third-order valence-electron chi connectivity index (χ3n) is 8.87. The van der Waals surface area contributed by atoms with E-state index in [2.05, 4.69) is 26.0 Å². The van der Waals surface area contributed by atoms with Gasteiger partial charge < -0.3 is 4.74 Å². The van der Waals surface area contributed by atoms with Gasteiger partial charge in [-0.15, -0.1) is 0 Å². The molecule has 1 heterocycles. The van der Waals surface area contributed by atoms with Gasteiger partial charge in [-0.05, 0) is 73.3 Å². The van der Waals surface area contributed by atoms with Crippen LogP contribution in [-0.2, 0) is 4.74 Å². The normalized spacial score (nSPS) is 32.6. The van der Waals surface area contributed by atoms with Gasteiger partial charge in [-0.3, -0.25) is 0 Å². The van der Waals surface area contributed by atoms with Crippen molar-refractivity contribution in [2.24, 2.45) is 23.2 Å². The molecule has 3 aliphatic rings. The lowest BCUT2D eigenvalue weighted by molar-refractivity contribution is -0.0777. The molecule has 3 atom stereocenters. The fourth-order valence-corrected chi connectivity index (χ4v) is 6.31. The monoisotopic (exact) mass is 456 g/mol. The topological polar surface area (TPSA) is 9.23 Å². The summed E-state index contributed by atoms with van der Waals surface area (Å²) in [4.78, 5) is 0. The lowest BCUT2D eigenvalue weighted by atomic mass is 9.68. The number of halogens is 2. The van der Waals surface area contributed by atoms with Gasteiger partial charge in [0.2, 0.25) is 0 Å². The average molecular weight is 457 g/mol. The predicted octanol–water partition coefficient (Wildman–Crippen LogP) is 8.80. The molecule has 0 N–H and O–H groups in total. The molecule has 0 aromatic heterocycles. The molecule has 3 heteroatoms. The van der Waals surface area contributed by atoms with Crippen molar-refractivity contribution in [1.29, 1.82) is 0 Å². The summed E-state index contributed by atoms with van der Waals surface area (Å²) in [5.41, 5.74) is 1.52. The van der Waals surface area contributed by atoms with E-state index in [1.807, 2.05) is 6.08 Å². The Labute approximate surface area is 199 Å². The van der Waals surface area contributed by atoms with Gasteiger partial charge in [0.25, 0.3) is 0 Å². The molecule has 1 aromatic rings. The second-order valence-electron chi connectivity index (χ2n) is 11.2. The number of hydrogen-bond donors (Lipinski definition) is 0. The van der Waals surface area contributed by atoms with E-state index in [-0.39, 0.29) is 5.41 Å². The SMILES string of the molecule is CCCCCC1CCC(C2CCC(C3(C)C=CC(c4ccc(C)c(F)c4F)=CC3)CO2)CC1. The van der Waals surface area contributed by atoms with Gasteiger partial charge in [0.05, 0.1) is 12.7 Å². The van der Waals surface area contributed by atoms with Crippen molar-refractivity contribution in [3.05, 3.63) is 53.1 Å². The van der Waals surface area contributed by atoms with Crippen molar-refractivity contribution in [2.45, 2.75) is 97.5 Å². The Morgan fingerprint density at radius 1 is 1.00 bits per heavy atom. The zero-order valence-corrected chi connectivity index (χ0v) is 20.8. The van der Waals surface area contributed by atoms with Crippen LogP contribution in [0.25, 0.3) is 5.57 Å². The van der Waals surface area contributed by atoms with Crippen LogP contribution in [0.2, 0.25) is 0 Å². The highest BCUT2D eigenvalue weighted by atomic mass is 19.2. The fourth-order valence-electron chi connectivity index (χ4n) is 6.31. The quantitative estimate of drug-likeness (QED) is 0.372. The molecular formula is C30H42F2O. The van der Waals surface area contributed by atoms with Crippen LogP contribution in [0.15, 0.2) is 30.4 Å². The van der Waals surface area contributed by atoms with Crippen LogP contribution in [0.4, 0.5) is 8.78 Å². The summed E-state index contributed by atoms with van der Waals surface area (Å²) in [7, 11) is 0. The van der Waals surface area contributed by atoms with Gasteiger partial charge >= 0.3 is 0 Å². The van der Waals surface area contributed by atoms with Crippen LogP contribution >= 0.6 is 0 Å². The van der Waals surface area contributed by atoms with Crippen LogP contribution in [-0.4, -0.2) is 12.7 Å². The molecule has 2 fully saturated rings. The second-order valence-corrected chi connectivity index (χ2v) is 11.2. The van der Waals surface area contributed by atoms with Crippen molar-refractivity contribution in [2.75, 3.05) is 6.61 Å². The van der Waals surface area contributed by atoms with Crippen molar-refractivity contribution in [1.82, 2.24) is 0 Å². The molecule has 0 bridgehead atoms. The Hall–Kier alpha value is -1.48. The Bertz CT molecular complexity index is 856. The Kier molecular flexibility index (Phi) is 8.10. The Morgan fingerprint density at radius 3 is 2.42 bits per heavy atom. The summed E-state index contributed by atoms with van der Waals surface area (Å²) in [6.07, 6.45) is 20.9. The predicted molar refractivity (Wildman–Crippen MR) is 133 cm³/mol. The molecule has 1 aliphatic heterocycles. The third-order valence-corrected chi connectivity index (χ3v) is 8.87. The van der Waals surface area contributed by atoms with Crippen LogP contribution in [0.5, 0.6) is 0 Å². The summed E-state index contributed by atoms with van der Waals surface area (Å²) in [5, 5.41) is 0. The largest absolute Gasteiger partial charge is 0.378 e. The molecule has 4 rings (SSSR count). The lowest BCUT2D eigenvalue weighted by Gasteiger charge is -2.43. The first-order valence-corrected chi connectivity index (χ1v) is 13.4. The first-order valence-electron chi connectivity index (χ1n) is 13.4. The maximum atomic E-state index is 14.4. The summed E-state index contributed by atoms with van der Waals surface area (Å²) >= 11 is 0. The number of hydrogen-bond acceptors (Lipinski definition) is 1. The van der Waals surface area contributed by atoms with E-state index in [4.69, 9.17) is 4.74 Å². The fraction of sp³-hybridized carbons (Fsp3) is 0.667. The van der Waals surface area contributed by atoms with Gasteiger partial charge in [-0.25, -0.2) is 8.78 Å². The first kappa shape index (κ1) is 24.6. The van der Waals surface area contributed by atoms with Crippen LogP contribution in [0.3, 0.4) is 0 Å². The molecular weight excluding hydrogens is 414 g/mol. The van der Waals surface area contributed by atoms with Crippen molar-refractivity contribution >= 4 is 5.57 Å². The maximum absolute atomic E-state index is 14.4. The van der Waals surface area contributed by atoms with Crippen molar-refractivity contribution < 1.29 is 13.5 Å². The molecule has 0 amide bonds. The molecule has 0 radical (unpaired) electrons. The van der Waals surface area contributed by atoms with Crippen molar-refractivity contribution in [3.63, 3.8) is 0 Å². The summed E-state index contributed by atoms with van der Waals surface area (Å²) in [5.74, 6) is 0.695. The number of allylic oxidation sites excluding steroid dienone is 4. The van der Waals surface area contributed by atoms with Crippen LogP contribution in [0, 0.1) is 41.7 Å². The maximum Gasteiger partial charge on any atom is 0.166 e. The Morgan fingerprint density at radius 2 is 1.79 bits per heavy atom. The molecule has 1 saturated carbocycles. The highest BCUT2D eigenvalue weighted by Crippen LogP contribution is 2.45. The molecule has 33 heavy (non-hydrogen) atoms. The Balaban J connectivity index is 1.28. The number of benzene rings is 1. The van der Waals surface area contributed by atoms with Crippen LogP contribution < -0.4 is 0 Å². The first-order chi connectivity index (χ1) is 15.9. The zero-order chi connectivity index (χ0) is 23.4. The highest BCUT2D eigenvalue weighted by Gasteiger charge is 2.38. The third kappa shape index (κ3) is 5.61. The summed E-state index contributed by atoms with van der Waals surface area (Å²) < 4.78 is 35.0. The van der Waals surface area contributed by atoms with Gasteiger partial charge in [0.15, 0.2) is 11.6 Å². The van der Waals surface area contributed by atoms with E-state index >= 15 is 0 Å². The smallest absolute Gasteiger partial charge is 0.166 e. The van der Waals surface area contributed by atoms with Gasteiger partial charge in [-0.2, -0.15) is 0 Å². The van der Waals surface area contributed by atoms with E-state index in [1.165, 1.54) is 57.8 Å². The minimum absolute atomic E-state index is 0.0190. The molecule has 1 aromatic carbocycles. The molecule has 1 saturated heterocycles. The van der Waals surface area contributed by atoms with Gasteiger partial charge in [0.1, 0.15) is 0 Å². The lowest BCUT2D eigenvalue weighted by Crippen LogP contribution is -2.39. The average Bonchev–Trinajstić information content (AvgIpc) is 2.84. The number of rotatable bonds is 7. The van der Waals surface area contributed by atoms with E-state index in [0.717, 1.165) is 36.9 Å². The van der Waals surface area contributed by atoms with E-state index in [9.17, 15) is 8.78 Å². The van der Waals surface area contributed by atoms with E-state index < -0.39 is 11.6 Å². The highest BCUT2D eigenvalue weighted by molar-refractivity contribution is 5.75. The minimum atomic E-state index is -0.739.